The molecule has 0 saturated carbocycles. The molecule has 4 rings (SSSR count). The fraction of sp³-hybridized carbons (Fsp3) is 0.0435. The molecule has 1 aliphatic rings. The molecule has 0 aromatic heterocycles. The van der Waals surface area contributed by atoms with Gasteiger partial charge in [-0.2, -0.15) is 0 Å². The number of hydrogen-bond donors (Lipinski definition) is 0. The van der Waals surface area contributed by atoms with Gasteiger partial charge in [-0.15, -0.1) is 0 Å². The minimum Gasteiger partial charge on any atom is -0.487 e. The molecule has 3 aromatic rings. The quantitative estimate of drug-likeness (QED) is 0.164. The number of halogens is 4. The van der Waals surface area contributed by atoms with Gasteiger partial charge in [0.15, 0.2) is 5.70 Å². The van der Waals surface area contributed by atoms with Crippen molar-refractivity contribution >= 4 is 86.3 Å². The summed E-state index contributed by atoms with van der Waals surface area (Å²) in [7, 11) is 0. The van der Waals surface area contributed by atoms with Crippen LogP contribution in [0.2, 0.25) is 10.0 Å². The van der Waals surface area contributed by atoms with Crippen LogP contribution < -0.4 is 4.74 Å². The number of ether oxygens (including phenoxy) is 2. The molecule has 0 aliphatic carbocycles. The van der Waals surface area contributed by atoms with E-state index >= 15 is 0 Å². The van der Waals surface area contributed by atoms with Gasteiger partial charge in [0.25, 0.3) is 0 Å². The third kappa shape index (κ3) is 5.60. The van der Waals surface area contributed by atoms with Gasteiger partial charge in [0.1, 0.15) is 12.4 Å². The fourth-order valence-corrected chi connectivity index (χ4v) is 5.29. The summed E-state index contributed by atoms with van der Waals surface area (Å²) < 4.78 is 13.2. The summed E-state index contributed by atoms with van der Waals surface area (Å²) in [6, 6.07) is 18.4. The average molecular weight is 676 g/mol. The highest BCUT2D eigenvalue weighted by atomic mass is 127. The predicted octanol–water partition coefficient (Wildman–Crippen LogP) is 7.13. The van der Waals surface area contributed by atoms with Gasteiger partial charge in [0.05, 0.1) is 7.14 Å². The zero-order valence-electron chi connectivity index (χ0n) is 15.7. The maximum absolute atomic E-state index is 12.3. The number of carbonyl (C=O) groups is 1. The highest BCUT2D eigenvalue weighted by Crippen LogP contribution is 2.31. The normalized spacial score (nSPS) is 14.5. The van der Waals surface area contributed by atoms with Crippen molar-refractivity contribution in [3.63, 3.8) is 0 Å². The van der Waals surface area contributed by atoms with Crippen LogP contribution in [0.15, 0.2) is 71.4 Å². The zero-order chi connectivity index (χ0) is 22.0. The second kappa shape index (κ2) is 9.89. The SMILES string of the molecule is O=C1OC(c2cccc(Cl)c2)=NC1=Cc1cc(I)c(OCc2ccc(Cl)cc2)c(I)c1. The predicted molar refractivity (Wildman–Crippen MR) is 140 cm³/mol. The molecule has 0 atom stereocenters. The molecule has 0 amide bonds. The van der Waals surface area contributed by atoms with E-state index in [1.165, 1.54) is 0 Å². The van der Waals surface area contributed by atoms with Crippen molar-refractivity contribution in [1.29, 1.82) is 0 Å². The van der Waals surface area contributed by atoms with E-state index in [0.29, 0.717) is 22.2 Å². The van der Waals surface area contributed by atoms with Crippen LogP contribution in [0.3, 0.4) is 0 Å². The van der Waals surface area contributed by atoms with Crippen LogP contribution in [0.1, 0.15) is 16.7 Å². The molecule has 4 nitrogen and oxygen atoms in total. The maximum Gasteiger partial charge on any atom is 0.363 e. The Kier molecular flexibility index (Phi) is 7.20. The Labute approximate surface area is 216 Å². The lowest BCUT2D eigenvalue weighted by atomic mass is 10.2. The number of benzene rings is 3. The van der Waals surface area contributed by atoms with Crippen molar-refractivity contribution in [3.8, 4) is 5.75 Å². The van der Waals surface area contributed by atoms with Crippen molar-refractivity contribution in [2.45, 2.75) is 6.61 Å². The Hall–Kier alpha value is -1.62. The molecule has 0 bridgehead atoms. The number of cyclic esters (lactones) is 1. The monoisotopic (exact) mass is 675 g/mol. The second-order valence-corrected chi connectivity index (χ2v) is 9.77. The molecule has 0 fully saturated rings. The highest BCUT2D eigenvalue weighted by molar-refractivity contribution is 14.1. The van der Waals surface area contributed by atoms with Crippen molar-refractivity contribution < 1.29 is 14.3 Å². The van der Waals surface area contributed by atoms with Crippen LogP contribution >= 0.6 is 68.4 Å². The van der Waals surface area contributed by atoms with Crippen molar-refractivity contribution in [1.82, 2.24) is 0 Å². The third-order valence-corrected chi connectivity index (χ3v) is 6.40. The molecule has 31 heavy (non-hydrogen) atoms. The van der Waals surface area contributed by atoms with E-state index in [-0.39, 0.29) is 11.6 Å². The van der Waals surface area contributed by atoms with E-state index in [9.17, 15) is 4.79 Å². The van der Waals surface area contributed by atoms with Crippen LogP contribution in [-0.2, 0) is 16.1 Å². The molecule has 156 valence electrons. The van der Waals surface area contributed by atoms with Gasteiger partial charge in [-0.3, -0.25) is 0 Å². The summed E-state index contributed by atoms with van der Waals surface area (Å²) in [5.74, 6) is 0.532. The number of carbonyl (C=O) groups excluding carboxylic acids is 1. The first-order chi connectivity index (χ1) is 14.9. The van der Waals surface area contributed by atoms with E-state index in [1.54, 1.807) is 30.3 Å². The van der Waals surface area contributed by atoms with Crippen molar-refractivity contribution in [3.05, 3.63) is 100 Å². The van der Waals surface area contributed by atoms with Crippen LogP contribution in [0.5, 0.6) is 5.75 Å². The summed E-state index contributed by atoms with van der Waals surface area (Å²) in [6.07, 6.45) is 1.70. The molecule has 0 radical (unpaired) electrons. The summed E-state index contributed by atoms with van der Waals surface area (Å²) in [6.45, 7) is 0.434. The molecule has 1 aliphatic heterocycles. The summed E-state index contributed by atoms with van der Waals surface area (Å²) in [4.78, 5) is 16.6. The maximum atomic E-state index is 12.3. The molecular weight excluding hydrogens is 663 g/mol. The molecule has 3 aromatic carbocycles. The molecule has 1 heterocycles. The molecular formula is C23H13Cl2I2NO3. The Morgan fingerprint density at radius 3 is 2.35 bits per heavy atom. The fourth-order valence-electron chi connectivity index (χ4n) is 2.85. The average Bonchev–Trinajstić information content (AvgIpc) is 3.09. The van der Waals surface area contributed by atoms with E-state index < -0.39 is 5.97 Å². The number of aliphatic imine (C=N–C) groups is 1. The van der Waals surface area contributed by atoms with Crippen LogP contribution in [-0.4, -0.2) is 11.9 Å². The van der Waals surface area contributed by atoms with Gasteiger partial charge < -0.3 is 9.47 Å². The molecule has 0 spiro atoms. The van der Waals surface area contributed by atoms with Gasteiger partial charge in [-0.25, -0.2) is 9.79 Å². The Morgan fingerprint density at radius 1 is 0.968 bits per heavy atom. The zero-order valence-corrected chi connectivity index (χ0v) is 21.6. The van der Waals surface area contributed by atoms with E-state index in [0.717, 1.165) is 24.0 Å². The molecule has 0 saturated heterocycles. The number of hydrogen-bond acceptors (Lipinski definition) is 4. The Morgan fingerprint density at radius 2 is 1.68 bits per heavy atom. The van der Waals surface area contributed by atoms with Gasteiger partial charge in [0, 0.05) is 15.6 Å². The standard InChI is InChI=1S/C23H13Cl2I2NO3/c24-16-6-4-13(5-7-16)12-30-21-18(26)8-14(9-19(21)27)10-20-23(29)31-22(28-20)15-2-1-3-17(25)11-15/h1-11H,12H2. The lowest BCUT2D eigenvalue weighted by Gasteiger charge is -2.11. The van der Waals surface area contributed by atoms with E-state index in [2.05, 4.69) is 50.2 Å². The minimum atomic E-state index is -0.497. The summed E-state index contributed by atoms with van der Waals surface area (Å²) in [5, 5.41) is 1.24. The molecule has 8 heteroatoms. The summed E-state index contributed by atoms with van der Waals surface area (Å²) in [5.41, 5.74) is 2.74. The largest absolute Gasteiger partial charge is 0.487 e. The smallest absolute Gasteiger partial charge is 0.363 e. The third-order valence-electron chi connectivity index (χ3n) is 4.31. The second-order valence-electron chi connectivity index (χ2n) is 6.58. The summed E-state index contributed by atoms with van der Waals surface area (Å²) >= 11 is 16.4. The van der Waals surface area contributed by atoms with Gasteiger partial charge in [-0.1, -0.05) is 41.4 Å². The first kappa shape index (κ1) is 22.6. The first-order valence-corrected chi connectivity index (χ1v) is 12.0. The number of nitrogens with zero attached hydrogens (tertiary/aromatic N) is 1. The number of esters is 1. The minimum absolute atomic E-state index is 0.233. The van der Waals surface area contributed by atoms with Crippen LogP contribution in [0, 0.1) is 7.14 Å². The first-order valence-electron chi connectivity index (χ1n) is 9.04. The van der Waals surface area contributed by atoms with Crippen molar-refractivity contribution in [2.75, 3.05) is 0 Å². The highest BCUT2D eigenvalue weighted by Gasteiger charge is 2.24. The van der Waals surface area contributed by atoms with Crippen molar-refractivity contribution in [2.24, 2.45) is 4.99 Å². The van der Waals surface area contributed by atoms with Gasteiger partial charge in [0.2, 0.25) is 5.90 Å². The molecule has 0 N–H and O–H groups in total. The Balaban J connectivity index is 1.55. The van der Waals surface area contributed by atoms with Crippen LogP contribution in [0.4, 0.5) is 0 Å². The molecule has 0 unspecified atom stereocenters. The topological polar surface area (TPSA) is 47.9 Å². The lowest BCUT2D eigenvalue weighted by molar-refractivity contribution is -0.129. The van der Waals surface area contributed by atoms with E-state index in [1.807, 2.05) is 36.4 Å². The van der Waals surface area contributed by atoms with Crippen LogP contribution in [0.25, 0.3) is 6.08 Å². The number of rotatable bonds is 5. The van der Waals surface area contributed by atoms with E-state index in [4.69, 9.17) is 32.7 Å². The lowest BCUT2D eigenvalue weighted by Crippen LogP contribution is -2.05. The Bertz CT molecular complexity index is 1200. The van der Waals surface area contributed by atoms with Gasteiger partial charge >= 0.3 is 5.97 Å². The van der Waals surface area contributed by atoms with Gasteiger partial charge in [-0.05, 0) is 105 Å².